The van der Waals surface area contributed by atoms with E-state index in [0.29, 0.717) is 0 Å². The molecule has 6 heteroatoms. The van der Waals surface area contributed by atoms with Gasteiger partial charge >= 0.3 is 12.0 Å². The van der Waals surface area contributed by atoms with Gasteiger partial charge in [0.25, 0.3) is 0 Å². The first kappa shape index (κ1) is 14.8. The summed E-state index contributed by atoms with van der Waals surface area (Å²) in [6, 6.07) is -0.144. The average molecular weight is 258 g/mol. The zero-order valence-electron chi connectivity index (χ0n) is 10.9. The van der Waals surface area contributed by atoms with Crippen LogP contribution in [0.2, 0.25) is 0 Å². The Balaban J connectivity index is 2.24. The van der Waals surface area contributed by atoms with Crippen LogP contribution in [-0.2, 0) is 4.79 Å². The number of urea groups is 1. The summed E-state index contributed by atoms with van der Waals surface area (Å²) in [6.45, 7) is 4.39. The third-order valence-corrected chi connectivity index (χ3v) is 3.55. The molecule has 1 rings (SSSR count). The van der Waals surface area contributed by atoms with Gasteiger partial charge in [-0.1, -0.05) is 20.3 Å². The predicted octanol–water partition coefficient (Wildman–Crippen LogP) is 0.700. The van der Waals surface area contributed by atoms with E-state index in [1.165, 1.54) is 0 Å². The van der Waals surface area contributed by atoms with Crippen molar-refractivity contribution < 1.29 is 19.8 Å². The molecule has 2 amide bonds. The number of carbonyl (C=O) groups is 2. The lowest BCUT2D eigenvalue weighted by atomic mass is 9.87. The summed E-state index contributed by atoms with van der Waals surface area (Å²) < 4.78 is 0. The van der Waals surface area contributed by atoms with Crippen LogP contribution in [0.25, 0.3) is 0 Å². The molecule has 0 radical (unpaired) electrons. The molecule has 18 heavy (non-hydrogen) atoms. The number of hydrogen-bond acceptors (Lipinski definition) is 3. The highest BCUT2D eigenvalue weighted by molar-refractivity contribution is 5.75. The maximum Gasteiger partial charge on any atom is 0.332 e. The molecule has 0 aromatic rings. The summed E-state index contributed by atoms with van der Waals surface area (Å²) >= 11 is 0. The van der Waals surface area contributed by atoms with Gasteiger partial charge in [0.15, 0.2) is 6.10 Å². The first-order valence-corrected chi connectivity index (χ1v) is 6.28. The molecule has 2 atom stereocenters. The molecular formula is C12H22N2O4. The van der Waals surface area contributed by atoms with Crippen LogP contribution in [0.15, 0.2) is 0 Å². The van der Waals surface area contributed by atoms with Crippen molar-refractivity contribution in [3.05, 3.63) is 0 Å². The normalized spacial score (nSPS) is 23.4. The monoisotopic (exact) mass is 258 g/mol. The van der Waals surface area contributed by atoms with Crippen molar-refractivity contribution in [3.8, 4) is 0 Å². The lowest BCUT2D eigenvalue weighted by molar-refractivity contribution is -0.146. The molecule has 1 aliphatic carbocycles. The number of carboxylic acid groups (broad SMARTS) is 1. The van der Waals surface area contributed by atoms with Gasteiger partial charge < -0.3 is 20.8 Å². The van der Waals surface area contributed by atoms with E-state index in [2.05, 4.69) is 24.5 Å². The second-order valence-corrected chi connectivity index (χ2v) is 5.48. The molecule has 0 aromatic heterocycles. The summed E-state index contributed by atoms with van der Waals surface area (Å²) in [6.07, 6.45) is 1.76. The number of carboxylic acids is 1. The van der Waals surface area contributed by atoms with Crippen molar-refractivity contribution in [1.82, 2.24) is 10.6 Å². The summed E-state index contributed by atoms with van der Waals surface area (Å²) in [5.74, 6) is -1.27. The minimum absolute atomic E-state index is 0.0107. The molecule has 0 bridgehead atoms. The summed E-state index contributed by atoms with van der Waals surface area (Å²) in [5, 5.41) is 23.0. The lowest BCUT2D eigenvalue weighted by Crippen LogP contribution is -2.47. The molecule has 0 saturated heterocycles. The van der Waals surface area contributed by atoms with E-state index in [9.17, 15) is 9.59 Å². The highest BCUT2D eigenvalue weighted by Crippen LogP contribution is 2.36. The van der Waals surface area contributed by atoms with Gasteiger partial charge in [-0.05, 0) is 18.3 Å². The molecule has 104 valence electrons. The van der Waals surface area contributed by atoms with Gasteiger partial charge in [0.1, 0.15) is 0 Å². The van der Waals surface area contributed by atoms with Crippen molar-refractivity contribution in [1.29, 1.82) is 0 Å². The van der Waals surface area contributed by atoms with Gasteiger partial charge in [-0.15, -0.1) is 0 Å². The summed E-state index contributed by atoms with van der Waals surface area (Å²) in [5.41, 5.74) is 0.109. The van der Waals surface area contributed by atoms with Crippen molar-refractivity contribution in [2.24, 2.45) is 5.41 Å². The Morgan fingerprint density at radius 2 is 2.11 bits per heavy atom. The molecule has 6 nitrogen and oxygen atoms in total. The van der Waals surface area contributed by atoms with Crippen LogP contribution in [0.3, 0.4) is 0 Å². The second kappa shape index (κ2) is 6.04. The Morgan fingerprint density at radius 1 is 1.44 bits per heavy atom. The quantitative estimate of drug-likeness (QED) is 0.583. The largest absolute Gasteiger partial charge is 0.479 e. The summed E-state index contributed by atoms with van der Waals surface area (Å²) in [7, 11) is 0. The lowest BCUT2D eigenvalue weighted by Gasteiger charge is -2.27. The van der Waals surface area contributed by atoms with Gasteiger partial charge in [-0.2, -0.15) is 0 Å². The van der Waals surface area contributed by atoms with E-state index in [1.807, 2.05) is 0 Å². The standard InChI is InChI=1S/C12H22N2O4/c1-12(2)6-3-4-9(12)14-11(18)13-7-5-8(15)10(16)17/h8-9,15H,3-7H2,1-2H3,(H,16,17)(H2,13,14,18). The number of nitrogens with one attached hydrogen (secondary N) is 2. The molecular weight excluding hydrogens is 236 g/mol. The maximum absolute atomic E-state index is 11.6. The van der Waals surface area contributed by atoms with Crippen LogP contribution in [0.4, 0.5) is 4.79 Å². The molecule has 1 aliphatic rings. The Labute approximate surface area is 107 Å². The average Bonchev–Trinajstić information content (AvgIpc) is 2.58. The Hall–Kier alpha value is -1.30. The fourth-order valence-electron chi connectivity index (χ4n) is 2.25. The van der Waals surface area contributed by atoms with Crippen molar-refractivity contribution in [2.75, 3.05) is 6.54 Å². The van der Waals surface area contributed by atoms with Crippen LogP contribution in [0.1, 0.15) is 39.5 Å². The SMILES string of the molecule is CC1(C)CCCC1NC(=O)NCCC(O)C(=O)O. The Morgan fingerprint density at radius 3 is 2.61 bits per heavy atom. The fraction of sp³-hybridized carbons (Fsp3) is 0.833. The number of carbonyl (C=O) groups excluding carboxylic acids is 1. The third kappa shape index (κ3) is 4.18. The minimum atomic E-state index is -1.42. The van der Waals surface area contributed by atoms with Crippen LogP contribution in [0.5, 0.6) is 0 Å². The van der Waals surface area contributed by atoms with Gasteiger partial charge in [0.2, 0.25) is 0 Å². The van der Waals surface area contributed by atoms with Crippen molar-refractivity contribution >= 4 is 12.0 Å². The van der Waals surface area contributed by atoms with Crippen LogP contribution in [0, 0.1) is 5.41 Å². The van der Waals surface area contributed by atoms with E-state index in [-0.39, 0.29) is 30.5 Å². The topological polar surface area (TPSA) is 98.7 Å². The van der Waals surface area contributed by atoms with E-state index in [4.69, 9.17) is 10.2 Å². The number of aliphatic carboxylic acids is 1. The first-order chi connectivity index (χ1) is 8.33. The molecule has 0 heterocycles. The zero-order chi connectivity index (χ0) is 13.8. The predicted molar refractivity (Wildman–Crippen MR) is 66.2 cm³/mol. The second-order valence-electron chi connectivity index (χ2n) is 5.48. The summed E-state index contributed by atoms with van der Waals surface area (Å²) in [4.78, 5) is 21.9. The Kier molecular flexibility index (Phi) is 4.95. The number of aliphatic hydroxyl groups excluding tert-OH is 1. The van der Waals surface area contributed by atoms with Gasteiger partial charge in [0, 0.05) is 19.0 Å². The van der Waals surface area contributed by atoms with Crippen LogP contribution >= 0.6 is 0 Å². The molecule has 0 aliphatic heterocycles. The van der Waals surface area contributed by atoms with E-state index < -0.39 is 12.1 Å². The molecule has 1 saturated carbocycles. The molecule has 2 unspecified atom stereocenters. The highest BCUT2D eigenvalue weighted by atomic mass is 16.4. The Bertz CT molecular complexity index is 317. The van der Waals surface area contributed by atoms with Crippen molar-refractivity contribution in [2.45, 2.75) is 51.7 Å². The van der Waals surface area contributed by atoms with Crippen LogP contribution < -0.4 is 10.6 Å². The van der Waals surface area contributed by atoms with Gasteiger partial charge in [-0.3, -0.25) is 0 Å². The fourth-order valence-corrected chi connectivity index (χ4v) is 2.25. The molecule has 0 spiro atoms. The minimum Gasteiger partial charge on any atom is -0.479 e. The molecule has 4 N–H and O–H groups in total. The van der Waals surface area contributed by atoms with E-state index >= 15 is 0 Å². The first-order valence-electron chi connectivity index (χ1n) is 6.28. The number of rotatable bonds is 5. The number of hydrogen-bond donors (Lipinski definition) is 4. The highest BCUT2D eigenvalue weighted by Gasteiger charge is 2.35. The maximum atomic E-state index is 11.6. The van der Waals surface area contributed by atoms with Gasteiger partial charge in [-0.25, -0.2) is 9.59 Å². The number of aliphatic hydroxyl groups is 1. The molecule has 1 fully saturated rings. The zero-order valence-corrected chi connectivity index (χ0v) is 10.9. The smallest absolute Gasteiger partial charge is 0.332 e. The van der Waals surface area contributed by atoms with Crippen LogP contribution in [-0.4, -0.2) is 40.9 Å². The van der Waals surface area contributed by atoms with E-state index in [0.717, 1.165) is 19.3 Å². The van der Waals surface area contributed by atoms with Crippen molar-refractivity contribution in [3.63, 3.8) is 0 Å². The molecule has 0 aromatic carbocycles. The van der Waals surface area contributed by atoms with E-state index in [1.54, 1.807) is 0 Å². The number of amides is 2. The van der Waals surface area contributed by atoms with Gasteiger partial charge in [0.05, 0.1) is 0 Å². The third-order valence-electron chi connectivity index (χ3n) is 3.55.